The average Bonchev–Trinajstić information content (AvgIpc) is 2.86. The first kappa shape index (κ1) is 12.1. The monoisotopic (exact) mass is 260 g/mol. The number of aromatic amines is 1. The summed E-state index contributed by atoms with van der Waals surface area (Å²) in [5.41, 5.74) is -0.137. The molecule has 2 heterocycles. The molecular formula is C8H7F3N6O. The molecule has 0 aliphatic carbocycles. The SMILES string of the molecule is O=C(Nc1cn[nH]n1)c1cn(CC(F)(F)F)cn1. The molecule has 0 atom stereocenters. The van der Waals surface area contributed by atoms with E-state index in [-0.39, 0.29) is 11.5 Å². The zero-order valence-corrected chi connectivity index (χ0v) is 8.77. The standard InChI is InChI=1S/C8H7F3N6O/c9-8(10,11)3-17-2-5(12-4-17)7(18)14-6-1-13-16-15-6/h1-2,4H,3H2,(H2,13,14,15,16,18). The van der Waals surface area contributed by atoms with Crippen LogP contribution in [-0.4, -0.2) is 37.0 Å². The van der Waals surface area contributed by atoms with E-state index in [1.54, 1.807) is 0 Å². The number of amides is 1. The van der Waals surface area contributed by atoms with E-state index in [0.717, 1.165) is 17.1 Å². The van der Waals surface area contributed by atoms with Crippen LogP contribution in [0.4, 0.5) is 19.0 Å². The van der Waals surface area contributed by atoms with Gasteiger partial charge in [0.15, 0.2) is 5.82 Å². The molecule has 2 aromatic heterocycles. The Morgan fingerprint density at radius 2 is 2.28 bits per heavy atom. The van der Waals surface area contributed by atoms with Crippen molar-refractivity contribution in [3.8, 4) is 0 Å². The number of hydrogen-bond acceptors (Lipinski definition) is 4. The number of H-pyrrole nitrogens is 1. The van der Waals surface area contributed by atoms with E-state index < -0.39 is 18.6 Å². The van der Waals surface area contributed by atoms with Crippen LogP contribution in [0.15, 0.2) is 18.7 Å². The fourth-order valence-electron chi connectivity index (χ4n) is 1.21. The second-order valence-corrected chi connectivity index (χ2v) is 3.36. The van der Waals surface area contributed by atoms with E-state index in [4.69, 9.17) is 0 Å². The number of nitrogens with one attached hydrogen (secondary N) is 2. The van der Waals surface area contributed by atoms with E-state index in [9.17, 15) is 18.0 Å². The quantitative estimate of drug-likeness (QED) is 0.854. The van der Waals surface area contributed by atoms with Crippen molar-refractivity contribution in [3.05, 3.63) is 24.4 Å². The predicted molar refractivity (Wildman–Crippen MR) is 52.6 cm³/mol. The maximum Gasteiger partial charge on any atom is 0.406 e. The lowest BCUT2D eigenvalue weighted by atomic mass is 10.4. The van der Waals surface area contributed by atoms with Gasteiger partial charge in [-0.25, -0.2) is 4.98 Å². The number of nitrogens with zero attached hydrogens (tertiary/aromatic N) is 4. The van der Waals surface area contributed by atoms with Gasteiger partial charge in [-0.1, -0.05) is 0 Å². The number of alkyl halides is 3. The Kier molecular flexibility index (Phi) is 3.00. The minimum absolute atomic E-state index is 0.137. The molecule has 0 aliphatic rings. The van der Waals surface area contributed by atoms with Gasteiger partial charge >= 0.3 is 6.18 Å². The Labute approximate surface area is 98.0 Å². The largest absolute Gasteiger partial charge is 0.406 e. The molecule has 0 fully saturated rings. The van der Waals surface area contributed by atoms with Gasteiger partial charge in [0.1, 0.15) is 12.2 Å². The molecule has 0 saturated carbocycles. The second kappa shape index (κ2) is 4.47. The van der Waals surface area contributed by atoms with Crippen LogP contribution in [0.5, 0.6) is 0 Å². The van der Waals surface area contributed by atoms with Crippen molar-refractivity contribution in [1.82, 2.24) is 25.0 Å². The topological polar surface area (TPSA) is 88.5 Å². The first-order chi connectivity index (χ1) is 8.44. The van der Waals surface area contributed by atoms with Gasteiger partial charge in [-0.05, 0) is 0 Å². The number of carbonyl (C=O) groups is 1. The third kappa shape index (κ3) is 3.06. The molecule has 2 aromatic rings. The highest BCUT2D eigenvalue weighted by Gasteiger charge is 2.28. The van der Waals surface area contributed by atoms with E-state index in [1.165, 1.54) is 6.20 Å². The van der Waals surface area contributed by atoms with Crippen LogP contribution in [-0.2, 0) is 6.54 Å². The van der Waals surface area contributed by atoms with E-state index in [2.05, 4.69) is 25.7 Å². The smallest absolute Gasteiger partial charge is 0.328 e. The summed E-state index contributed by atoms with van der Waals surface area (Å²) < 4.78 is 37.0. The molecule has 0 radical (unpaired) electrons. The number of rotatable bonds is 3. The van der Waals surface area contributed by atoms with Crippen molar-refractivity contribution in [1.29, 1.82) is 0 Å². The lowest BCUT2D eigenvalue weighted by Gasteiger charge is -2.05. The highest BCUT2D eigenvalue weighted by atomic mass is 19.4. The summed E-state index contributed by atoms with van der Waals surface area (Å²) in [6, 6.07) is 0. The summed E-state index contributed by atoms with van der Waals surface area (Å²) in [6.45, 7) is -1.20. The molecule has 2 rings (SSSR count). The van der Waals surface area contributed by atoms with Crippen molar-refractivity contribution >= 4 is 11.7 Å². The number of hydrogen-bond donors (Lipinski definition) is 2. The molecule has 0 bridgehead atoms. The van der Waals surface area contributed by atoms with E-state index in [0.29, 0.717) is 0 Å². The lowest BCUT2D eigenvalue weighted by molar-refractivity contribution is -0.140. The van der Waals surface area contributed by atoms with Crippen molar-refractivity contribution in [2.75, 3.05) is 5.32 Å². The number of anilines is 1. The van der Waals surface area contributed by atoms with Crippen LogP contribution in [0.2, 0.25) is 0 Å². The fraction of sp³-hybridized carbons (Fsp3) is 0.250. The first-order valence-electron chi connectivity index (χ1n) is 4.70. The Morgan fingerprint density at radius 3 is 2.89 bits per heavy atom. The molecule has 10 heteroatoms. The Hall–Kier alpha value is -2.39. The van der Waals surface area contributed by atoms with Gasteiger partial charge in [0.05, 0.1) is 12.5 Å². The number of imidazole rings is 1. The minimum Gasteiger partial charge on any atom is -0.328 e. The number of aromatic nitrogens is 5. The first-order valence-corrected chi connectivity index (χ1v) is 4.70. The van der Waals surface area contributed by atoms with Crippen LogP contribution in [0.3, 0.4) is 0 Å². The Balaban J connectivity index is 2.03. The number of carbonyl (C=O) groups excluding carboxylic acids is 1. The van der Waals surface area contributed by atoms with Gasteiger partial charge in [-0.3, -0.25) is 4.79 Å². The van der Waals surface area contributed by atoms with Gasteiger partial charge in [-0.2, -0.15) is 23.5 Å². The third-order valence-electron chi connectivity index (χ3n) is 1.88. The fourth-order valence-corrected chi connectivity index (χ4v) is 1.21. The summed E-state index contributed by atoms with van der Waals surface area (Å²) in [5.74, 6) is -0.504. The molecule has 0 saturated heterocycles. The van der Waals surface area contributed by atoms with Crippen LogP contribution < -0.4 is 5.32 Å². The molecule has 1 amide bonds. The Morgan fingerprint density at radius 1 is 1.50 bits per heavy atom. The Bertz CT molecular complexity index is 531. The van der Waals surface area contributed by atoms with Crippen molar-refractivity contribution in [2.45, 2.75) is 12.7 Å². The van der Waals surface area contributed by atoms with E-state index >= 15 is 0 Å². The zero-order chi connectivity index (χ0) is 13.2. The molecule has 18 heavy (non-hydrogen) atoms. The van der Waals surface area contributed by atoms with Gasteiger partial charge in [0.25, 0.3) is 5.91 Å². The van der Waals surface area contributed by atoms with Gasteiger partial charge in [0.2, 0.25) is 0 Å². The van der Waals surface area contributed by atoms with Gasteiger partial charge < -0.3 is 9.88 Å². The summed E-state index contributed by atoms with van der Waals surface area (Å²) in [5, 5.41) is 11.6. The molecule has 2 N–H and O–H groups in total. The van der Waals surface area contributed by atoms with Crippen LogP contribution in [0.25, 0.3) is 0 Å². The van der Waals surface area contributed by atoms with Crippen molar-refractivity contribution < 1.29 is 18.0 Å². The molecule has 0 aliphatic heterocycles. The maximum atomic E-state index is 12.1. The lowest BCUT2D eigenvalue weighted by Crippen LogP contribution is -2.17. The van der Waals surface area contributed by atoms with Gasteiger partial charge in [0, 0.05) is 6.20 Å². The second-order valence-electron chi connectivity index (χ2n) is 3.36. The third-order valence-corrected chi connectivity index (χ3v) is 1.88. The molecule has 7 nitrogen and oxygen atoms in total. The zero-order valence-electron chi connectivity index (χ0n) is 8.77. The van der Waals surface area contributed by atoms with Crippen LogP contribution in [0.1, 0.15) is 10.5 Å². The van der Waals surface area contributed by atoms with Crippen molar-refractivity contribution in [2.24, 2.45) is 0 Å². The molecule has 0 spiro atoms. The predicted octanol–water partition coefficient (Wildman–Crippen LogP) is 0.816. The summed E-state index contributed by atoms with van der Waals surface area (Å²) in [4.78, 5) is 15.1. The summed E-state index contributed by atoms with van der Waals surface area (Å²) in [7, 11) is 0. The molecule has 0 unspecified atom stereocenters. The van der Waals surface area contributed by atoms with Crippen LogP contribution in [0, 0.1) is 0 Å². The summed E-state index contributed by atoms with van der Waals surface area (Å²) >= 11 is 0. The van der Waals surface area contributed by atoms with Gasteiger partial charge in [-0.15, -0.1) is 5.10 Å². The molecule has 0 aromatic carbocycles. The highest BCUT2D eigenvalue weighted by Crippen LogP contribution is 2.17. The molecular weight excluding hydrogens is 253 g/mol. The van der Waals surface area contributed by atoms with Crippen molar-refractivity contribution in [3.63, 3.8) is 0 Å². The van der Waals surface area contributed by atoms with Crippen LogP contribution >= 0.6 is 0 Å². The van der Waals surface area contributed by atoms with E-state index in [1.807, 2.05) is 0 Å². The number of halogens is 3. The minimum atomic E-state index is -4.36. The molecule has 96 valence electrons. The maximum absolute atomic E-state index is 12.1. The highest BCUT2D eigenvalue weighted by molar-refractivity contribution is 6.02. The normalized spacial score (nSPS) is 11.5. The summed E-state index contributed by atoms with van der Waals surface area (Å²) in [6.07, 6.45) is -1.17. The average molecular weight is 260 g/mol.